The van der Waals surface area contributed by atoms with Crippen molar-refractivity contribution in [2.75, 3.05) is 13.1 Å². The van der Waals surface area contributed by atoms with E-state index in [1.54, 1.807) is 6.92 Å². The zero-order chi connectivity index (χ0) is 13.9. The first kappa shape index (κ1) is 14.0. The van der Waals surface area contributed by atoms with Crippen molar-refractivity contribution in [1.29, 1.82) is 0 Å². The molecule has 0 aliphatic carbocycles. The number of piperidine rings is 1. The first-order valence-electron chi connectivity index (χ1n) is 6.81. The Morgan fingerprint density at radius 3 is 3.05 bits per heavy atom. The summed E-state index contributed by atoms with van der Waals surface area (Å²) in [7, 11) is 0. The molecule has 1 aliphatic rings. The van der Waals surface area contributed by atoms with Gasteiger partial charge in [-0.25, -0.2) is 0 Å². The maximum atomic E-state index is 11.3. The van der Waals surface area contributed by atoms with Crippen LogP contribution in [0.4, 0.5) is 0 Å². The summed E-state index contributed by atoms with van der Waals surface area (Å²) >= 11 is 0. The minimum Gasteiger partial charge on any atom is -0.481 e. The first-order valence-corrected chi connectivity index (χ1v) is 6.81. The number of hydrogen-bond acceptors (Lipinski definition) is 5. The van der Waals surface area contributed by atoms with Crippen LogP contribution in [0.25, 0.3) is 0 Å². The van der Waals surface area contributed by atoms with Gasteiger partial charge in [-0.2, -0.15) is 4.98 Å². The smallest absolute Gasteiger partial charge is 0.310 e. The van der Waals surface area contributed by atoms with Crippen LogP contribution < -0.4 is 0 Å². The fourth-order valence-corrected chi connectivity index (χ4v) is 2.52. The lowest BCUT2D eigenvalue weighted by Gasteiger charge is -2.36. The van der Waals surface area contributed by atoms with Crippen LogP contribution in [0, 0.1) is 5.41 Å². The molecule has 1 unspecified atom stereocenters. The second-order valence-corrected chi connectivity index (χ2v) is 5.53. The van der Waals surface area contributed by atoms with Gasteiger partial charge in [-0.1, -0.05) is 12.1 Å². The second-order valence-electron chi connectivity index (χ2n) is 5.53. The number of carboxylic acids is 1. The van der Waals surface area contributed by atoms with Gasteiger partial charge < -0.3 is 9.63 Å². The SMILES string of the molecule is CCCc1noc(CN2CCCC(C)(C(=O)O)C2)n1. The van der Waals surface area contributed by atoms with Crippen molar-refractivity contribution in [2.45, 2.75) is 46.1 Å². The van der Waals surface area contributed by atoms with Gasteiger partial charge in [0.05, 0.1) is 12.0 Å². The highest BCUT2D eigenvalue weighted by Crippen LogP contribution is 2.30. The molecular weight excluding hydrogens is 246 g/mol. The van der Waals surface area contributed by atoms with Crippen molar-refractivity contribution in [1.82, 2.24) is 15.0 Å². The quantitative estimate of drug-likeness (QED) is 0.874. The third kappa shape index (κ3) is 3.32. The van der Waals surface area contributed by atoms with Gasteiger partial charge in [0.1, 0.15) is 0 Å². The molecule has 2 rings (SSSR count). The largest absolute Gasteiger partial charge is 0.481 e. The normalized spacial score (nSPS) is 24.5. The van der Waals surface area contributed by atoms with Crippen LogP contribution in [-0.4, -0.2) is 39.2 Å². The van der Waals surface area contributed by atoms with Crippen LogP contribution in [0.5, 0.6) is 0 Å². The monoisotopic (exact) mass is 267 g/mol. The molecule has 1 aliphatic heterocycles. The van der Waals surface area contributed by atoms with E-state index < -0.39 is 11.4 Å². The molecule has 106 valence electrons. The highest BCUT2D eigenvalue weighted by molar-refractivity contribution is 5.74. The average Bonchev–Trinajstić information content (AvgIpc) is 2.77. The predicted molar refractivity (Wildman–Crippen MR) is 68.5 cm³/mol. The third-order valence-electron chi connectivity index (χ3n) is 3.63. The van der Waals surface area contributed by atoms with Gasteiger partial charge in [-0.05, 0) is 32.7 Å². The van der Waals surface area contributed by atoms with Crippen LogP contribution in [0.1, 0.15) is 44.8 Å². The number of hydrogen-bond donors (Lipinski definition) is 1. The van der Waals surface area contributed by atoms with Crippen LogP contribution in [0.2, 0.25) is 0 Å². The summed E-state index contributed by atoms with van der Waals surface area (Å²) < 4.78 is 5.20. The van der Waals surface area contributed by atoms with Gasteiger partial charge in [0, 0.05) is 13.0 Å². The molecule has 1 atom stereocenters. The fraction of sp³-hybridized carbons (Fsp3) is 0.769. The van der Waals surface area contributed by atoms with E-state index in [0.717, 1.165) is 38.1 Å². The second kappa shape index (κ2) is 5.69. The first-order chi connectivity index (χ1) is 9.03. The Hall–Kier alpha value is -1.43. The molecule has 0 amide bonds. The van der Waals surface area contributed by atoms with E-state index in [9.17, 15) is 9.90 Å². The highest BCUT2D eigenvalue weighted by Gasteiger charge is 2.38. The summed E-state index contributed by atoms with van der Waals surface area (Å²) in [6, 6.07) is 0. The maximum Gasteiger partial charge on any atom is 0.310 e. The number of rotatable bonds is 5. The van der Waals surface area contributed by atoms with Gasteiger partial charge in [0.2, 0.25) is 5.89 Å². The predicted octanol–water partition coefficient (Wildman–Crippen LogP) is 1.71. The molecule has 6 heteroatoms. The Balaban J connectivity index is 1.96. The van der Waals surface area contributed by atoms with E-state index in [4.69, 9.17) is 4.52 Å². The lowest BCUT2D eigenvalue weighted by Crippen LogP contribution is -2.45. The number of carboxylic acid groups (broad SMARTS) is 1. The molecule has 0 aromatic carbocycles. The molecule has 0 radical (unpaired) electrons. The minimum absolute atomic E-state index is 0.536. The number of carbonyl (C=O) groups is 1. The molecule has 1 N–H and O–H groups in total. The lowest BCUT2D eigenvalue weighted by atomic mass is 9.82. The Morgan fingerprint density at radius 2 is 2.37 bits per heavy atom. The summed E-state index contributed by atoms with van der Waals surface area (Å²) in [5.41, 5.74) is -0.662. The van der Waals surface area contributed by atoms with Crippen LogP contribution in [0.3, 0.4) is 0 Å². The highest BCUT2D eigenvalue weighted by atomic mass is 16.5. The van der Waals surface area contributed by atoms with Crippen molar-refractivity contribution < 1.29 is 14.4 Å². The lowest BCUT2D eigenvalue weighted by molar-refractivity contribution is -0.151. The van der Waals surface area contributed by atoms with Gasteiger partial charge in [0.15, 0.2) is 5.82 Å². The van der Waals surface area contributed by atoms with Crippen molar-refractivity contribution in [3.8, 4) is 0 Å². The number of aliphatic carboxylic acids is 1. The Bertz CT molecular complexity index is 446. The van der Waals surface area contributed by atoms with E-state index >= 15 is 0 Å². The zero-order valence-electron chi connectivity index (χ0n) is 11.6. The standard InChI is InChI=1S/C13H21N3O3/c1-3-5-10-14-11(19-15-10)8-16-7-4-6-13(2,9-16)12(17)18/h3-9H2,1-2H3,(H,17,18). The van der Waals surface area contributed by atoms with E-state index in [2.05, 4.69) is 22.0 Å². The zero-order valence-corrected chi connectivity index (χ0v) is 11.6. The van der Waals surface area contributed by atoms with Gasteiger partial charge in [0.25, 0.3) is 0 Å². The molecule has 0 bridgehead atoms. The van der Waals surface area contributed by atoms with E-state index in [-0.39, 0.29) is 0 Å². The van der Waals surface area contributed by atoms with E-state index in [1.165, 1.54) is 0 Å². The summed E-state index contributed by atoms with van der Waals surface area (Å²) in [5, 5.41) is 13.2. The molecule has 1 saturated heterocycles. The third-order valence-corrected chi connectivity index (χ3v) is 3.63. The molecule has 2 heterocycles. The molecule has 1 aromatic rings. The van der Waals surface area contributed by atoms with E-state index in [1.807, 2.05) is 0 Å². The Labute approximate surface area is 112 Å². The van der Waals surface area contributed by atoms with Crippen LogP contribution >= 0.6 is 0 Å². The summed E-state index contributed by atoms with van der Waals surface area (Å²) in [4.78, 5) is 17.7. The molecule has 0 spiro atoms. The average molecular weight is 267 g/mol. The summed E-state index contributed by atoms with van der Waals surface area (Å²) in [6.45, 7) is 5.83. The Kier molecular flexibility index (Phi) is 4.19. The molecular formula is C13H21N3O3. The summed E-state index contributed by atoms with van der Waals surface area (Å²) in [5.74, 6) is 0.586. The van der Waals surface area contributed by atoms with Gasteiger partial charge >= 0.3 is 5.97 Å². The number of aromatic nitrogens is 2. The van der Waals surface area contributed by atoms with Gasteiger partial charge in [-0.15, -0.1) is 0 Å². The molecule has 6 nitrogen and oxygen atoms in total. The van der Waals surface area contributed by atoms with Crippen LogP contribution in [0.15, 0.2) is 4.52 Å². The van der Waals surface area contributed by atoms with E-state index in [0.29, 0.717) is 19.0 Å². The molecule has 0 saturated carbocycles. The molecule has 19 heavy (non-hydrogen) atoms. The van der Waals surface area contributed by atoms with Crippen molar-refractivity contribution in [3.63, 3.8) is 0 Å². The topological polar surface area (TPSA) is 79.5 Å². The van der Waals surface area contributed by atoms with Crippen molar-refractivity contribution in [2.24, 2.45) is 5.41 Å². The fourth-order valence-electron chi connectivity index (χ4n) is 2.52. The number of likely N-dealkylation sites (tertiary alicyclic amines) is 1. The molecule has 1 aromatic heterocycles. The minimum atomic E-state index is -0.727. The van der Waals surface area contributed by atoms with Gasteiger partial charge in [-0.3, -0.25) is 9.69 Å². The number of aryl methyl sites for hydroxylation is 1. The Morgan fingerprint density at radius 1 is 1.58 bits per heavy atom. The summed E-state index contributed by atoms with van der Waals surface area (Å²) in [6.07, 6.45) is 3.42. The van der Waals surface area contributed by atoms with Crippen molar-refractivity contribution >= 4 is 5.97 Å². The van der Waals surface area contributed by atoms with Crippen molar-refractivity contribution in [3.05, 3.63) is 11.7 Å². The van der Waals surface area contributed by atoms with Crippen LogP contribution in [-0.2, 0) is 17.8 Å². The number of nitrogens with zero attached hydrogens (tertiary/aromatic N) is 3. The maximum absolute atomic E-state index is 11.3. The molecule has 1 fully saturated rings.